The van der Waals surface area contributed by atoms with Crippen molar-refractivity contribution in [3.63, 3.8) is 0 Å². The van der Waals surface area contributed by atoms with E-state index < -0.39 is 6.04 Å². The first kappa shape index (κ1) is 14.3. The fourth-order valence-electron chi connectivity index (χ4n) is 1.19. The molecule has 0 rings (SSSR count). The van der Waals surface area contributed by atoms with Gasteiger partial charge in [0.05, 0.1) is 18.0 Å². The number of rotatable bonds is 6. The van der Waals surface area contributed by atoms with Gasteiger partial charge in [-0.25, -0.2) is 0 Å². The van der Waals surface area contributed by atoms with Gasteiger partial charge in [-0.05, 0) is 25.4 Å². The molecular formula is C10H19N3OS. The second-order valence-electron chi connectivity index (χ2n) is 3.64. The Morgan fingerprint density at radius 3 is 2.73 bits per heavy atom. The Balaban J connectivity index is 4.02. The van der Waals surface area contributed by atoms with Gasteiger partial charge in [-0.1, -0.05) is 0 Å². The standard InChI is InChI=1S/C10H19N3OS/c1-8(6-11)7-13(2)10(14)9(12)4-5-15-3/h8-9H,4-5,7,12H2,1-3H3/t8?,9-/m1/s1. The molecule has 0 saturated heterocycles. The van der Waals surface area contributed by atoms with E-state index in [0.717, 1.165) is 5.75 Å². The molecule has 0 bridgehead atoms. The van der Waals surface area contributed by atoms with Crippen LogP contribution >= 0.6 is 11.8 Å². The molecule has 0 radical (unpaired) electrons. The molecule has 2 N–H and O–H groups in total. The van der Waals surface area contributed by atoms with Crippen molar-refractivity contribution in [2.24, 2.45) is 11.7 Å². The summed E-state index contributed by atoms with van der Waals surface area (Å²) in [7, 11) is 1.69. The first-order valence-electron chi connectivity index (χ1n) is 4.92. The smallest absolute Gasteiger partial charge is 0.239 e. The van der Waals surface area contributed by atoms with Gasteiger partial charge in [-0.3, -0.25) is 4.79 Å². The second-order valence-corrected chi connectivity index (χ2v) is 4.62. The Morgan fingerprint density at radius 2 is 2.27 bits per heavy atom. The van der Waals surface area contributed by atoms with Crippen LogP contribution in [-0.4, -0.2) is 42.4 Å². The Labute approximate surface area is 95.8 Å². The van der Waals surface area contributed by atoms with Gasteiger partial charge in [0.1, 0.15) is 0 Å². The maximum Gasteiger partial charge on any atom is 0.239 e. The number of amides is 1. The summed E-state index contributed by atoms with van der Waals surface area (Å²) in [4.78, 5) is 13.2. The van der Waals surface area contributed by atoms with Crippen LogP contribution in [0.3, 0.4) is 0 Å². The SMILES string of the molecule is CSCC[C@@H](N)C(=O)N(C)CC(C)C#N. The molecule has 4 nitrogen and oxygen atoms in total. The molecule has 0 fully saturated rings. The van der Waals surface area contributed by atoms with Crippen molar-refractivity contribution in [1.82, 2.24) is 4.90 Å². The summed E-state index contributed by atoms with van der Waals surface area (Å²) in [5.41, 5.74) is 5.73. The molecule has 0 aliphatic heterocycles. The van der Waals surface area contributed by atoms with Crippen LogP contribution < -0.4 is 5.73 Å². The van der Waals surface area contributed by atoms with Crippen LogP contribution in [0.25, 0.3) is 0 Å². The lowest BCUT2D eigenvalue weighted by atomic mass is 10.1. The molecule has 1 unspecified atom stereocenters. The van der Waals surface area contributed by atoms with Crippen molar-refractivity contribution in [3.05, 3.63) is 0 Å². The van der Waals surface area contributed by atoms with Gasteiger partial charge in [0.15, 0.2) is 0 Å². The van der Waals surface area contributed by atoms with Crippen LogP contribution in [0.1, 0.15) is 13.3 Å². The van der Waals surface area contributed by atoms with Gasteiger partial charge in [0, 0.05) is 13.6 Å². The monoisotopic (exact) mass is 229 g/mol. The average Bonchev–Trinajstić information content (AvgIpc) is 2.24. The molecule has 86 valence electrons. The molecule has 0 spiro atoms. The highest BCUT2D eigenvalue weighted by atomic mass is 32.2. The van der Waals surface area contributed by atoms with Crippen molar-refractivity contribution in [2.45, 2.75) is 19.4 Å². The molecular weight excluding hydrogens is 210 g/mol. The number of carbonyl (C=O) groups excluding carboxylic acids is 1. The molecule has 0 heterocycles. The average molecular weight is 229 g/mol. The van der Waals surface area contributed by atoms with E-state index in [4.69, 9.17) is 11.0 Å². The highest BCUT2D eigenvalue weighted by Gasteiger charge is 2.18. The van der Waals surface area contributed by atoms with E-state index in [1.165, 1.54) is 0 Å². The lowest BCUT2D eigenvalue weighted by molar-refractivity contribution is -0.131. The van der Waals surface area contributed by atoms with Crippen molar-refractivity contribution >= 4 is 17.7 Å². The highest BCUT2D eigenvalue weighted by molar-refractivity contribution is 7.98. The summed E-state index contributed by atoms with van der Waals surface area (Å²) in [6.07, 6.45) is 2.67. The molecule has 0 aromatic rings. The van der Waals surface area contributed by atoms with Crippen molar-refractivity contribution < 1.29 is 4.79 Å². The lowest BCUT2D eigenvalue weighted by Crippen LogP contribution is -2.43. The summed E-state index contributed by atoms with van der Waals surface area (Å²) >= 11 is 1.67. The van der Waals surface area contributed by atoms with Crippen molar-refractivity contribution in [3.8, 4) is 6.07 Å². The minimum Gasteiger partial charge on any atom is -0.343 e. The van der Waals surface area contributed by atoms with Crippen LogP contribution in [0.5, 0.6) is 0 Å². The Kier molecular flexibility index (Phi) is 7.18. The minimum atomic E-state index is -0.437. The fourth-order valence-corrected chi connectivity index (χ4v) is 1.68. The highest BCUT2D eigenvalue weighted by Crippen LogP contribution is 2.03. The molecule has 0 aliphatic rings. The maximum absolute atomic E-state index is 11.7. The number of carbonyl (C=O) groups is 1. The minimum absolute atomic E-state index is 0.0776. The van der Waals surface area contributed by atoms with Crippen LogP contribution in [0.15, 0.2) is 0 Å². The molecule has 0 aliphatic carbocycles. The zero-order valence-corrected chi connectivity index (χ0v) is 10.4. The molecule has 2 atom stereocenters. The summed E-state index contributed by atoms with van der Waals surface area (Å²) in [5.74, 6) is 0.659. The van der Waals surface area contributed by atoms with Gasteiger partial charge in [-0.15, -0.1) is 0 Å². The summed E-state index contributed by atoms with van der Waals surface area (Å²) in [6, 6.07) is 1.66. The topological polar surface area (TPSA) is 70.1 Å². The van der Waals surface area contributed by atoms with E-state index in [2.05, 4.69) is 6.07 Å². The van der Waals surface area contributed by atoms with E-state index in [1.54, 1.807) is 30.6 Å². The number of hydrogen-bond donors (Lipinski definition) is 1. The molecule has 0 aromatic carbocycles. The number of nitriles is 1. The van der Waals surface area contributed by atoms with E-state index >= 15 is 0 Å². The number of hydrogen-bond acceptors (Lipinski definition) is 4. The van der Waals surface area contributed by atoms with Crippen LogP contribution in [0, 0.1) is 17.2 Å². The first-order valence-corrected chi connectivity index (χ1v) is 6.31. The van der Waals surface area contributed by atoms with Crippen molar-refractivity contribution in [2.75, 3.05) is 25.6 Å². The predicted molar refractivity (Wildman–Crippen MR) is 63.4 cm³/mol. The summed E-state index contributed by atoms with van der Waals surface area (Å²) < 4.78 is 0. The Hall–Kier alpha value is -0.730. The largest absolute Gasteiger partial charge is 0.343 e. The van der Waals surface area contributed by atoms with Gasteiger partial charge >= 0.3 is 0 Å². The summed E-state index contributed by atoms with van der Waals surface area (Å²) in [6.45, 7) is 2.24. The number of nitrogens with two attached hydrogens (primary N) is 1. The molecule has 0 aromatic heterocycles. The van der Waals surface area contributed by atoms with Crippen LogP contribution in [0.2, 0.25) is 0 Å². The van der Waals surface area contributed by atoms with E-state index in [-0.39, 0.29) is 11.8 Å². The quantitative estimate of drug-likeness (QED) is 0.727. The zero-order chi connectivity index (χ0) is 11.8. The number of nitrogens with zero attached hydrogens (tertiary/aromatic N) is 2. The maximum atomic E-state index is 11.7. The third-order valence-electron chi connectivity index (χ3n) is 2.09. The van der Waals surface area contributed by atoms with Crippen molar-refractivity contribution in [1.29, 1.82) is 5.26 Å². The first-order chi connectivity index (χ1) is 7.02. The lowest BCUT2D eigenvalue weighted by Gasteiger charge is -2.21. The second kappa shape index (κ2) is 7.55. The van der Waals surface area contributed by atoms with Crippen LogP contribution in [-0.2, 0) is 4.79 Å². The predicted octanol–water partition coefficient (Wildman–Crippen LogP) is 0.685. The molecule has 15 heavy (non-hydrogen) atoms. The van der Waals surface area contributed by atoms with E-state index in [0.29, 0.717) is 13.0 Å². The zero-order valence-electron chi connectivity index (χ0n) is 9.56. The third-order valence-corrected chi connectivity index (χ3v) is 2.74. The molecule has 5 heteroatoms. The number of likely N-dealkylation sites (N-methyl/N-ethyl adjacent to an activating group) is 1. The molecule has 0 saturated carbocycles. The normalized spacial score (nSPS) is 14.1. The summed E-state index contributed by atoms with van der Waals surface area (Å²) in [5, 5.41) is 8.62. The molecule has 1 amide bonds. The number of thioether (sulfide) groups is 1. The Morgan fingerprint density at radius 1 is 1.67 bits per heavy atom. The Bertz CT molecular complexity index is 239. The van der Waals surface area contributed by atoms with E-state index in [1.807, 2.05) is 6.26 Å². The third kappa shape index (κ3) is 5.65. The van der Waals surface area contributed by atoms with Gasteiger partial charge < -0.3 is 10.6 Å². The van der Waals surface area contributed by atoms with E-state index in [9.17, 15) is 4.79 Å². The van der Waals surface area contributed by atoms with Gasteiger partial charge in [0.2, 0.25) is 5.91 Å². The van der Waals surface area contributed by atoms with Gasteiger partial charge in [0.25, 0.3) is 0 Å². The van der Waals surface area contributed by atoms with Crippen LogP contribution in [0.4, 0.5) is 0 Å². The van der Waals surface area contributed by atoms with Gasteiger partial charge in [-0.2, -0.15) is 17.0 Å². The fraction of sp³-hybridized carbons (Fsp3) is 0.800.